The molecule has 3 nitrogen and oxygen atoms in total. The molecule has 0 bridgehead atoms. The minimum Gasteiger partial charge on any atom is -0.478 e. The van der Waals surface area contributed by atoms with Crippen LogP contribution in [0.2, 0.25) is 5.02 Å². The Morgan fingerprint density at radius 1 is 1.53 bits per heavy atom. The van der Waals surface area contributed by atoms with Crippen molar-refractivity contribution in [1.82, 2.24) is 0 Å². The summed E-state index contributed by atoms with van der Waals surface area (Å²) in [6.45, 7) is 1.37. The second kappa shape index (κ2) is 4.43. The number of ether oxygens (including phenoxy) is 1. The van der Waals surface area contributed by atoms with Crippen LogP contribution in [-0.4, -0.2) is 29.5 Å². The van der Waals surface area contributed by atoms with Crippen molar-refractivity contribution in [3.63, 3.8) is 0 Å². The van der Waals surface area contributed by atoms with Crippen LogP contribution < -0.4 is 0 Å². The first-order valence-corrected chi connectivity index (χ1v) is 5.70. The topological polar surface area (TPSA) is 46.5 Å². The van der Waals surface area contributed by atoms with Crippen LogP contribution in [-0.2, 0) is 4.74 Å². The van der Waals surface area contributed by atoms with Crippen LogP contribution in [0, 0.1) is 0 Å². The summed E-state index contributed by atoms with van der Waals surface area (Å²) in [5.41, 5.74) is 0.263. The lowest BCUT2D eigenvalue weighted by Gasteiger charge is -2.25. The highest BCUT2D eigenvalue weighted by molar-refractivity contribution is 8.00. The maximum atomic E-state index is 11.0. The average Bonchev–Trinajstić information content (AvgIpc) is 2.12. The third kappa shape index (κ3) is 2.45. The Hall–Kier alpha value is -0.710. The third-order valence-corrected chi connectivity index (χ3v) is 3.52. The lowest BCUT2D eigenvalue weighted by molar-refractivity contribution is 0.0454. The van der Waals surface area contributed by atoms with E-state index in [0.29, 0.717) is 23.5 Å². The zero-order valence-electron chi connectivity index (χ0n) is 7.77. The molecule has 0 radical (unpaired) electrons. The summed E-state index contributed by atoms with van der Waals surface area (Å²) in [5.74, 6) is -0.944. The van der Waals surface area contributed by atoms with E-state index < -0.39 is 5.97 Å². The molecule has 15 heavy (non-hydrogen) atoms. The SMILES string of the molecule is O=C(O)c1cc(Cl)ccc1SC1COC1. The molecule has 1 heterocycles. The molecule has 2 rings (SSSR count). The predicted molar refractivity (Wildman–Crippen MR) is 58.9 cm³/mol. The minimum atomic E-state index is -0.944. The van der Waals surface area contributed by atoms with Crippen LogP contribution in [0.25, 0.3) is 0 Å². The van der Waals surface area contributed by atoms with E-state index in [1.165, 1.54) is 17.8 Å². The maximum Gasteiger partial charge on any atom is 0.336 e. The van der Waals surface area contributed by atoms with E-state index in [1.807, 2.05) is 0 Å². The zero-order chi connectivity index (χ0) is 10.8. The Morgan fingerprint density at radius 3 is 2.80 bits per heavy atom. The monoisotopic (exact) mass is 244 g/mol. The van der Waals surface area contributed by atoms with Crippen LogP contribution >= 0.6 is 23.4 Å². The van der Waals surface area contributed by atoms with E-state index in [9.17, 15) is 4.79 Å². The highest BCUT2D eigenvalue weighted by Crippen LogP contribution is 2.32. The van der Waals surface area contributed by atoms with Gasteiger partial charge in [0, 0.05) is 9.92 Å². The summed E-state index contributed by atoms with van der Waals surface area (Å²) in [6.07, 6.45) is 0. The predicted octanol–water partition coefficient (Wildman–Crippen LogP) is 2.53. The number of hydrogen-bond donors (Lipinski definition) is 1. The van der Waals surface area contributed by atoms with Crippen LogP contribution in [0.15, 0.2) is 23.1 Å². The number of hydrogen-bond acceptors (Lipinski definition) is 3. The first kappa shape index (κ1) is 10.8. The van der Waals surface area contributed by atoms with E-state index in [-0.39, 0.29) is 5.56 Å². The van der Waals surface area contributed by atoms with Gasteiger partial charge in [0.1, 0.15) is 0 Å². The molecule has 5 heteroatoms. The van der Waals surface area contributed by atoms with Crippen molar-refractivity contribution in [2.24, 2.45) is 0 Å². The molecule has 1 fully saturated rings. The Morgan fingerprint density at radius 2 is 2.27 bits per heavy atom. The van der Waals surface area contributed by atoms with Crippen molar-refractivity contribution in [1.29, 1.82) is 0 Å². The summed E-state index contributed by atoms with van der Waals surface area (Å²) in [4.78, 5) is 11.7. The largest absolute Gasteiger partial charge is 0.478 e. The Labute approximate surface area is 96.4 Å². The quantitative estimate of drug-likeness (QED) is 0.888. The molecule has 0 spiro atoms. The standard InChI is InChI=1S/C10H9ClO3S/c11-6-1-2-9(8(3-6)10(12)13)15-7-4-14-5-7/h1-3,7H,4-5H2,(H,12,13). The second-order valence-corrected chi connectivity index (χ2v) is 5.00. The summed E-state index contributed by atoms with van der Waals surface area (Å²) >= 11 is 7.28. The second-order valence-electron chi connectivity index (χ2n) is 3.22. The van der Waals surface area contributed by atoms with Crippen molar-refractivity contribution < 1.29 is 14.6 Å². The molecular formula is C10H9ClO3S. The van der Waals surface area contributed by atoms with E-state index in [2.05, 4.69) is 0 Å². The number of carbonyl (C=O) groups is 1. The molecule has 0 aromatic heterocycles. The molecule has 80 valence electrons. The highest BCUT2D eigenvalue weighted by atomic mass is 35.5. The Bertz CT molecular complexity index is 390. The average molecular weight is 245 g/mol. The third-order valence-electron chi connectivity index (χ3n) is 2.07. The molecule has 1 aromatic rings. The van der Waals surface area contributed by atoms with E-state index in [0.717, 1.165) is 4.90 Å². The van der Waals surface area contributed by atoms with Crippen molar-refractivity contribution in [2.75, 3.05) is 13.2 Å². The van der Waals surface area contributed by atoms with Crippen LogP contribution in [0.3, 0.4) is 0 Å². The molecule has 0 unspecified atom stereocenters. The van der Waals surface area contributed by atoms with Gasteiger partial charge in [0.05, 0.1) is 24.0 Å². The van der Waals surface area contributed by atoms with Gasteiger partial charge in [0.2, 0.25) is 0 Å². The van der Waals surface area contributed by atoms with Gasteiger partial charge in [-0.15, -0.1) is 11.8 Å². The van der Waals surface area contributed by atoms with Crippen LogP contribution in [0.5, 0.6) is 0 Å². The van der Waals surface area contributed by atoms with Crippen molar-refractivity contribution in [2.45, 2.75) is 10.1 Å². The van der Waals surface area contributed by atoms with Crippen molar-refractivity contribution in [3.05, 3.63) is 28.8 Å². The van der Waals surface area contributed by atoms with Crippen molar-refractivity contribution >= 4 is 29.3 Å². The highest BCUT2D eigenvalue weighted by Gasteiger charge is 2.22. The number of benzene rings is 1. The molecule has 0 aliphatic carbocycles. The molecule has 1 saturated heterocycles. The fourth-order valence-electron chi connectivity index (χ4n) is 1.23. The smallest absolute Gasteiger partial charge is 0.336 e. The number of carboxylic acids is 1. The molecule has 1 aromatic carbocycles. The van der Waals surface area contributed by atoms with Crippen LogP contribution in [0.1, 0.15) is 10.4 Å². The minimum absolute atomic E-state index is 0.263. The van der Waals surface area contributed by atoms with Gasteiger partial charge in [-0.05, 0) is 18.2 Å². The van der Waals surface area contributed by atoms with Crippen LogP contribution in [0.4, 0.5) is 0 Å². The van der Waals surface area contributed by atoms with Gasteiger partial charge in [-0.3, -0.25) is 0 Å². The van der Waals surface area contributed by atoms with E-state index >= 15 is 0 Å². The lowest BCUT2D eigenvalue weighted by atomic mass is 10.2. The summed E-state index contributed by atoms with van der Waals surface area (Å²) in [5, 5.41) is 9.80. The Kier molecular flexibility index (Phi) is 3.19. The number of rotatable bonds is 3. The molecule has 0 amide bonds. The fraction of sp³-hybridized carbons (Fsp3) is 0.300. The van der Waals surface area contributed by atoms with Gasteiger partial charge < -0.3 is 9.84 Å². The van der Waals surface area contributed by atoms with Gasteiger partial charge in [-0.1, -0.05) is 11.6 Å². The first-order valence-electron chi connectivity index (χ1n) is 4.44. The molecular weight excluding hydrogens is 236 g/mol. The maximum absolute atomic E-state index is 11.0. The Balaban J connectivity index is 2.23. The summed E-state index contributed by atoms with van der Waals surface area (Å²) in [6, 6.07) is 4.93. The number of thioether (sulfide) groups is 1. The van der Waals surface area contributed by atoms with Gasteiger partial charge >= 0.3 is 5.97 Å². The molecule has 1 aliphatic heterocycles. The first-order chi connectivity index (χ1) is 7.16. The lowest BCUT2D eigenvalue weighted by Crippen LogP contribution is -2.30. The van der Waals surface area contributed by atoms with Gasteiger partial charge in [-0.2, -0.15) is 0 Å². The molecule has 1 aliphatic rings. The van der Waals surface area contributed by atoms with E-state index in [1.54, 1.807) is 12.1 Å². The molecule has 0 saturated carbocycles. The normalized spacial score (nSPS) is 16.1. The van der Waals surface area contributed by atoms with Crippen molar-refractivity contribution in [3.8, 4) is 0 Å². The fourth-order valence-corrected chi connectivity index (χ4v) is 2.51. The van der Waals surface area contributed by atoms with Gasteiger partial charge in [0.25, 0.3) is 0 Å². The summed E-state index contributed by atoms with van der Waals surface area (Å²) in [7, 11) is 0. The summed E-state index contributed by atoms with van der Waals surface area (Å²) < 4.78 is 5.04. The molecule has 0 atom stereocenters. The van der Waals surface area contributed by atoms with E-state index in [4.69, 9.17) is 21.4 Å². The zero-order valence-corrected chi connectivity index (χ0v) is 9.35. The van der Waals surface area contributed by atoms with Gasteiger partial charge in [0.15, 0.2) is 0 Å². The number of aromatic carboxylic acids is 1. The molecule has 1 N–H and O–H groups in total. The number of carboxylic acid groups (broad SMARTS) is 1. The number of halogens is 1. The van der Waals surface area contributed by atoms with Gasteiger partial charge in [-0.25, -0.2) is 4.79 Å².